The Morgan fingerprint density at radius 1 is 1.15 bits per heavy atom. The summed E-state index contributed by atoms with van der Waals surface area (Å²) >= 11 is 5.56. The van der Waals surface area contributed by atoms with E-state index < -0.39 is 0 Å². The molecule has 0 N–H and O–H groups in total. The summed E-state index contributed by atoms with van der Waals surface area (Å²) in [6.07, 6.45) is 3.96. The molecule has 2 aromatic carbocycles. The van der Waals surface area contributed by atoms with Crippen molar-refractivity contribution in [3.63, 3.8) is 0 Å². The van der Waals surface area contributed by atoms with Gasteiger partial charge in [-0.25, -0.2) is 0 Å². The second kappa shape index (κ2) is 5.55. The van der Waals surface area contributed by atoms with Gasteiger partial charge in [-0.05, 0) is 24.1 Å². The fourth-order valence-corrected chi connectivity index (χ4v) is 4.18. The van der Waals surface area contributed by atoms with Crippen LogP contribution in [0.25, 0.3) is 25.7 Å². The van der Waals surface area contributed by atoms with E-state index in [1.807, 2.05) is 17.4 Å². The number of hydrogen-bond acceptors (Lipinski definition) is 1. The third kappa shape index (κ3) is 2.23. The third-order valence-electron chi connectivity index (χ3n) is 3.44. The van der Waals surface area contributed by atoms with Crippen molar-refractivity contribution in [1.29, 1.82) is 0 Å². The monoisotopic (exact) mass is 342 g/mol. The van der Waals surface area contributed by atoms with Gasteiger partial charge in [-0.3, -0.25) is 0 Å². The highest BCUT2D eigenvalue weighted by Gasteiger charge is 2.13. The van der Waals surface area contributed by atoms with Crippen molar-refractivity contribution < 1.29 is 0 Å². The zero-order valence-electron chi connectivity index (χ0n) is 11.3. The number of rotatable bonds is 3. The van der Waals surface area contributed by atoms with E-state index in [9.17, 15) is 0 Å². The smallest absolute Gasteiger partial charge is 0.0430 e. The van der Waals surface area contributed by atoms with Crippen molar-refractivity contribution in [2.75, 3.05) is 0 Å². The van der Waals surface area contributed by atoms with E-state index in [1.165, 1.54) is 31.3 Å². The van der Waals surface area contributed by atoms with E-state index in [4.69, 9.17) is 0 Å². The fourth-order valence-electron chi connectivity index (χ4n) is 2.54. The Morgan fingerprint density at radius 3 is 2.65 bits per heavy atom. The molecule has 0 aliphatic carbocycles. The summed E-state index contributed by atoms with van der Waals surface area (Å²) < 4.78 is 2.70. The number of allylic oxidation sites excluding steroid dienone is 3. The van der Waals surface area contributed by atoms with Gasteiger partial charge in [-0.1, -0.05) is 71.1 Å². The number of benzene rings is 2. The molecular formula is C18H15BrS. The molecule has 0 nitrogen and oxygen atoms in total. The molecule has 0 aliphatic rings. The number of hydrogen-bond donors (Lipinski definition) is 0. The quantitative estimate of drug-likeness (QED) is 0.381. The molecule has 1 aromatic heterocycles. The second-order valence-corrected chi connectivity index (χ2v) is 7.18. The van der Waals surface area contributed by atoms with Crippen LogP contribution in [0.5, 0.6) is 0 Å². The Bertz CT molecular complexity index is 809. The Kier molecular flexibility index (Phi) is 3.77. The van der Waals surface area contributed by atoms with Crippen LogP contribution in [0, 0.1) is 0 Å². The minimum atomic E-state index is 0.302. The van der Waals surface area contributed by atoms with Crippen LogP contribution in [0.2, 0.25) is 0 Å². The Balaban J connectivity index is 2.37. The molecule has 0 saturated heterocycles. The molecule has 100 valence electrons. The predicted molar refractivity (Wildman–Crippen MR) is 95.9 cm³/mol. The van der Waals surface area contributed by atoms with Gasteiger partial charge in [0.1, 0.15) is 0 Å². The van der Waals surface area contributed by atoms with Gasteiger partial charge in [0.2, 0.25) is 0 Å². The molecule has 0 bridgehead atoms. The summed E-state index contributed by atoms with van der Waals surface area (Å²) in [5.41, 5.74) is 2.57. The molecular weight excluding hydrogens is 328 g/mol. The Morgan fingerprint density at radius 2 is 1.90 bits per heavy atom. The van der Waals surface area contributed by atoms with Crippen molar-refractivity contribution in [3.8, 4) is 0 Å². The lowest BCUT2D eigenvalue weighted by Gasteiger charge is -2.11. The summed E-state index contributed by atoms with van der Waals surface area (Å²) in [5, 5.41) is 2.68. The van der Waals surface area contributed by atoms with Crippen LogP contribution in [0.15, 0.2) is 61.2 Å². The molecule has 0 amide bonds. The molecule has 1 heterocycles. The fraction of sp³-hybridized carbons (Fsp3) is 0.111. The van der Waals surface area contributed by atoms with Crippen LogP contribution in [0.3, 0.4) is 0 Å². The highest BCUT2D eigenvalue weighted by Crippen LogP contribution is 2.39. The van der Waals surface area contributed by atoms with E-state index in [0.29, 0.717) is 4.83 Å². The maximum Gasteiger partial charge on any atom is 0.0430 e. The zero-order valence-corrected chi connectivity index (χ0v) is 13.7. The molecule has 0 fully saturated rings. The summed E-state index contributed by atoms with van der Waals surface area (Å²) in [5.74, 6) is 0. The third-order valence-corrected chi connectivity index (χ3v) is 5.15. The van der Waals surface area contributed by atoms with Crippen LogP contribution in [0.4, 0.5) is 0 Å². The number of alkyl halides is 1. The van der Waals surface area contributed by atoms with E-state index in [-0.39, 0.29) is 0 Å². The minimum absolute atomic E-state index is 0.302. The average Bonchev–Trinajstić information content (AvgIpc) is 2.83. The largest absolute Gasteiger partial charge is 0.135 e. The highest BCUT2D eigenvalue weighted by atomic mass is 79.9. The van der Waals surface area contributed by atoms with Crippen LogP contribution < -0.4 is 0 Å². The van der Waals surface area contributed by atoms with Crippen molar-refractivity contribution in [2.45, 2.75) is 11.8 Å². The summed E-state index contributed by atoms with van der Waals surface area (Å²) in [7, 11) is 0. The molecule has 1 unspecified atom stereocenters. The van der Waals surface area contributed by atoms with Crippen molar-refractivity contribution in [1.82, 2.24) is 0 Å². The molecule has 0 aliphatic heterocycles. The second-order valence-electron chi connectivity index (χ2n) is 4.75. The highest BCUT2D eigenvalue weighted by molar-refractivity contribution is 9.09. The summed E-state index contributed by atoms with van der Waals surface area (Å²) in [4.78, 5) is 0.302. The number of fused-ring (bicyclic) bond motifs is 3. The molecule has 0 saturated carbocycles. The van der Waals surface area contributed by atoms with Crippen LogP contribution in [0.1, 0.15) is 12.5 Å². The summed E-state index contributed by atoms with van der Waals surface area (Å²) in [6.45, 7) is 5.99. The van der Waals surface area contributed by atoms with Crippen molar-refractivity contribution in [2.24, 2.45) is 0 Å². The van der Waals surface area contributed by atoms with Gasteiger partial charge in [0.15, 0.2) is 0 Å². The number of thiophene rings is 1. The van der Waals surface area contributed by atoms with E-state index in [0.717, 1.165) is 0 Å². The van der Waals surface area contributed by atoms with E-state index >= 15 is 0 Å². The number of halogens is 1. The lowest BCUT2D eigenvalue weighted by Crippen LogP contribution is -1.95. The summed E-state index contributed by atoms with van der Waals surface area (Å²) in [6, 6.07) is 15.2. The molecule has 3 aromatic rings. The molecule has 20 heavy (non-hydrogen) atoms. The standard InChI is InChI=1S/C18H15BrS/c1-3-7-13(12(2)19)15-9-6-10-16-14-8-4-5-11-17(14)20-18(15)16/h3-12H,1H2,2H3/b13-7+. The first-order valence-corrected chi connectivity index (χ1v) is 8.33. The van der Waals surface area contributed by atoms with Gasteiger partial charge < -0.3 is 0 Å². The van der Waals surface area contributed by atoms with Gasteiger partial charge in [-0.2, -0.15) is 0 Å². The Labute approximate surface area is 131 Å². The van der Waals surface area contributed by atoms with Gasteiger partial charge in [-0.15, -0.1) is 11.3 Å². The lowest BCUT2D eigenvalue weighted by molar-refractivity contribution is 1.29. The Hall–Kier alpha value is -1.38. The molecule has 1 atom stereocenters. The first kappa shape index (κ1) is 13.6. The van der Waals surface area contributed by atoms with Crippen LogP contribution >= 0.6 is 27.3 Å². The maximum atomic E-state index is 3.84. The minimum Gasteiger partial charge on any atom is -0.135 e. The topological polar surface area (TPSA) is 0 Å². The normalized spacial score (nSPS) is 13.8. The average molecular weight is 343 g/mol. The first-order valence-electron chi connectivity index (χ1n) is 6.59. The van der Waals surface area contributed by atoms with E-state index in [2.05, 4.69) is 78.0 Å². The molecule has 2 heteroatoms. The van der Waals surface area contributed by atoms with Gasteiger partial charge in [0, 0.05) is 25.0 Å². The van der Waals surface area contributed by atoms with Crippen molar-refractivity contribution in [3.05, 3.63) is 66.8 Å². The van der Waals surface area contributed by atoms with Crippen LogP contribution in [-0.4, -0.2) is 4.83 Å². The SMILES string of the molecule is C=C/C=C(/c1cccc2c1sc1ccccc12)C(C)Br. The first-order chi connectivity index (χ1) is 9.72. The zero-order chi connectivity index (χ0) is 14.1. The predicted octanol–water partition coefficient (Wildman–Crippen LogP) is 6.41. The van der Waals surface area contributed by atoms with Gasteiger partial charge >= 0.3 is 0 Å². The molecule has 0 radical (unpaired) electrons. The van der Waals surface area contributed by atoms with Gasteiger partial charge in [0.05, 0.1) is 0 Å². The molecule has 3 rings (SSSR count). The van der Waals surface area contributed by atoms with Crippen LogP contribution in [-0.2, 0) is 0 Å². The lowest BCUT2D eigenvalue weighted by atomic mass is 10.0. The van der Waals surface area contributed by atoms with Gasteiger partial charge in [0.25, 0.3) is 0 Å². The van der Waals surface area contributed by atoms with E-state index in [1.54, 1.807) is 0 Å². The molecule has 0 spiro atoms. The maximum absolute atomic E-state index is 3.84. The van der Waals surface area contributed by atoms with Crippen molar-refractivity contribution >= 4 is 53.0 Å².